The van der Waals surface area contributed by atoms with Crippen molar-refractivity contribution in [3.05, 3.63) is 36.0 Å². The van der Waals surface area contributed by atoms with Crippen LogP contribution in [0.3, 0.4) is 0 Å². The fraction of sp³-hybridized carbons (Fsp3) is 0.250. The maximum absolute atomic E-state index is 12.0. The Morgan fingerprint density at radius 1 is 1.37 bits per heavy atom. The zero-order chi connectivity index (χ0) is 14.0. The van der Waals surface area contributed by atoms with Crippen molar-refractivity contribution in [3.63, 3.8) is 0 Å². The second-order valence-electron chi connectivity index (χ2n) is 4.12. The number of carbonyl (C=O) groups excluding carboxylic acids is 1. The average Bonchev–Trinajstić information content (AvgIpc) is 2.35. The Hall–Kier alpha value is -2.02. The van der Waals surface area contributed by atoms with Crippen molar-refractivity contribution in [2.24, 2.45) is 0 Å². The first-order valence-electron chi connectivity index (χ1n) is 5.72. The van der Waals surface area contributed by atoms with E-state index in [1.54, 1.807) is 29.1 Å². The van der Waals surface area contributed by atoms with Crippen molar-refractivity contribution in [2.45, 2.75) is 13.5 Å². The number of nitrogens with zero attached hydrogens (tertiary/aromatic N) is 2. The SMILES string of the molecule is CC[n+]1cc(C(=O)NS(C)(=O)=O)c2ccccc2n1. The van der Waals surface area contributed by atoms with Crippen LogP contribution in [0.25, 0.3) is 10.9 Å². The van der Waals surface area contributed by atoms with Gasteiger partial charge in [-0.25, -0.2) is 13.1 Å². The third-order valence-electron chi connectivity index (χ3n) is 2.56. The van der Waals surface area contributed by atoms with Crippen LogP contribution in [0.1, 0.15) is 17.3 Å². The topological polar surface area (TPSA) is 80.0 Å². The van der Waals surface area contributed by atoms with E-state index < -0.39 is 15.9 Å². The molecule has 1 aromatic carbocycles. The van der Waals surface area contributed by atoms with Crippen LogP contribution in [-0.4, -0.2) is 25.7 Å². The van der Waals surface area contributed by atoms with Gasteiger partial charge < -0.3 is 0 Å². The van der Waals surface area contributed by atoms with Crippen LogP contribution >= 0.6 is 0 Å². The van der Waals surface area contributed by atoms with Crippen LogP contribution in [-0.2, 0) is 16.6 Å². The highest BCUT2D eigenvalue weighted by Gasteiger charge is 2.19. The molecule has 0 bridgehead atoms. The Morgan fingerprint density at radius 3 is 2.68 bits per heavy atom. The molecule has 19 heavy (non-hydrogen) atoms. The van der Waals surface area contributed by atoms with Gasteiger partial charge in [0.15, 0.2) is 6.54 Å². The molecule has 2 aromatic rings. The minimum Gasteiger partial charge on any atom is -0.268 e. The van der Waals surface area contributed by atoms with Gasteiger partial charge in [-0.05, 0) is 13.0 Å². The Bertz CT molecular complexity index is 741. The van der Waals surface area contributed by atoms with Gasteiger partial charge in [-0.3, -0.25) is 4.79 Å². The van der Waals surface area contributed by atoms with Crippen LogP contribution < -0.4 is 9.40 Å². The monoisotopic (exact) mass is 280 g/mol. The molecular weight excluding hydrogens is 266 g/mol. The second kappa shape index (κ2) is 4.93. The van der Waals surface area contributed by atoms with Gasteiger partial charge in [-0.15, -0.1) is 0 Å². The standard InChI is InChI=1S/C12H13N3O3S/c1-3-15-8-10(12(16)14-19(2,17)18)9-6-4-5-7-11(9)13-15/h4-8H,3H2,1-2H3/p+1. The fourth-order valence-electron chi connectivity index (χ4n) is 1.74. The molecule has 0 saturated carbocycles. The lowest BCUT2D eigenvalue weighted by Crippen LogP contribution is -2.39. The summed E-state index contributed by atoms with van der Waals surface area (Å²) in [5.74, 6) is -0.650. The van der Waals surface area contributed by atoms with Gasteiger partial charge in [0.1, 0.15) is 11.1 Å². The molecule has 1 N–H and O–H groups in total. The largest absolute Gasteiger partial charge is 0.271 e. The third kappa shape index (κ3) is 3.05. The minimum atomic E-state index is -3.59. The third-order valence-corrected chi connectivity index (χ3v) is 3.11. The number of aryl methyl sites for hydroxylation is 1. The van der Waals surface area contributed by atoms with Gasteiger partial charge in [-0.2, -0.15) is 0 Å². The predicted molar refractivity (Wildman–Crippen MR) is 69.9 cm³/mol. The van der Waals surface area contributed by atoms with Gasteiger partial charge in [0.05, 0.1) is 6.26 Å². The van der Waals surface area contributed by atoms with E-state index in [-0.39, 0.29) is 5.56 Å². The summed E-state index contributed by atoms with van der Waals surface area (Å²) in [6.07, 6.45) is 2.49. The maximum Gasteiger partial charge on any atom is 0.271 e. The lowest BCUT2D eigenvalue weighted by Gasteiger charge is -2.04. The smallest absolute Gasteiger partial charge is 0.268 e. The first-order valence-corrected chi connectivity index (χ1v) is 7.61. The molecule has 0 fully saturated rings. The van der Waals surface area contributed by atoms with Gasteiger partial charge in [-0.1, -0.05) is 22.9 Å². The Balaban J connectivity index is 2.61. The van der Waals surface area contributed by atoms with Crippen LogP contribution in [0.5, 0.6) is 0 Å². The van der Waals surface area contributed by atoms with Gasteiger partial charge in [0, 0.05) is 10.5 Å². The predicted octanol–water partition coefficient (Wildman–Crippen LogP) is 0.232. The van der Waals surface area contributed by atoms with Crippen molar-refractivity contribution in [2.75, 3.05) is 6.26 Å². The number of carbonyl (C=O) groups is 1. The van der Waals surface area contributed by atoms with Crippen LogP contribution in [0.2, 0.25) is 0 Å². The first kappa shape index (κ1) is 13.4. The quantitative estimate of drug-likeness (QED) is 0.816. The molecule has 1 amide bonds. The molecule has 6 nitrogen and oxygen atoms in total. The molecule has 0 unspecified atom stereocenters. The number of benzene rings is 1. The molecule has 1 heterocycles. The summed E-state index contributed by atoms with van der Waals surface area (Å²) in [6.45, 7) is 2.48. The number of fused-ring (bicyclic) bond motifs is 1. The van der Waals surface area contributed by atoms with E-state index in [1.807, 2.05) is 17.7 Å². The average molecular weight is 280 g/mol. The van der Waals surface area contributed by atoms with Crippen molar-refractivity contribution in [1.29, 1.82) is 0 Å². The summed E-state index contributed by atoms with van der Waals surface area (Å²) in [5.41, 5.74) is 0.934. The summed E-state index contributed by atoms with van der Waals surface area (Å²) in [6, 6.07) is 7.10. The van der Waals surface area contributed by atoms with Crippen LogP contribution in [0.15, 0.2) is 30.5 Å². The number of aromatic nitrogens is 2. The summed E-state index contributed by atoms with van der Waals surface area (Å²) in [5, 5.41) is 4.94. The molecule has 0 aliphatic carbocycles. The molecular formula is C12H14N3O3S+. The molecule has 0 aliphatic rings. The lowest BCUT2D eigenvalue weighted by atomic mass is 10.1. The molecule has 0 radical (unpaired) electrons. The summed E-state index contributed by atoms with van der Waals surface area (Å²) < 4.78 is 25.9. The molecule has 1 aromatic heterocycles. The van der Waals surface area contributed by atoms with Crippen LogP contribution in [0, 0.1) is 0 Å². The minimum absolute atomic E-state index is 0.290. The molecule has 0 aliphatic heterocycles. The molecule has 7 heteroatoms. The molecule has 0 spiro atoms. The molecule has 2 rings (SSSR count). The zero-order valence-corrected chi connectivity index (χ0v) is 11.4. The van der Waals surface area contributed by atoms with Gasteiger partial charge in [0.2, 0.25) is 16.2 Å². The van der Waals surface area contributed by atoms with E-state index in [9.17, 15) is 13.2 Å². The van der Waals surface area contributed by atoms with E-state index in [1.165, 1.54) is 0 Å². The van der Waals surface area contributed by atoms with Crippen molar-refractivity contribution in [1.82, 2.24) is 9.82 Å². The van der Waals surface area contributed by atoms with Crippen molar-refractivity contribution < 1.29 is 17.9 Å². The van der Waals surface area contributed by atoms with Crippen molar-refractivity contribution in [3.8, 4) is 0 Å². The summed E-state index contributed by atoms with van der Waals surface area (Å²) >= 11 is 0. The Morgan fingerprint density at radius 2 is 2.05 bits per heavy atom. The zero-order valence-electron chi connectivity index (χ0n) is 10.6. The number of rotatable bonds is 3. The Labute approximate surface area is 111 Å². The van der Waals surface area contributed by atoms with Crippen LogP contribution in [0.4, 0.5) is 0 Å². The van der Waals surface area contributed by atoms with Gasteiger partial charge >= 0.3 is 0 Å². The molecule has 0 atom stereocenters. The summed E-state index contributed by atoms with van der Waals surface area (Å²) in [4.78, 5) is 12.0. The van der Waals surface area contributed by atoms with E-state index in [0.717, 1.165) is 6.26 Å². The molecule has 100 valence electrons. The number of amides is 1. The maximum atomic E-state index is 12.0. The summed E-state index contributed by atoms with van der Waals surface area (Å²) in [7, 11) is -3.59. The fourth-order valence-corrected chi connectivity index (χ4v) is 2.19. The number of nitrogens with one attached hydrogen (secondary N) is 1. The van der Waals surface area contributed by atoms with E-state index >= 15 is 0 Å². The second-order valence-corrected chi connectivity index (χ2v) is 5.87. The highest BCUT2D eigenvalue weighted by Crippen LogP contribution is 2.14. The molecule has 0 saturated heterocycles. The number of hydrogen-bond acceptors (Lipinski definition) is 4. The highest BCUT2D eigenvalue weighted by molar-refractivity contribution is 7.89. The van der Waals surface area contributed by atoms with E-state index in [0.29, 0.717) is 17.4 Å². The van der Waals surface area contributed by atoms with Crippen molar-refractivity contribution >= 4 is 26.8 Å². The van der Waals surface area contributed by atoms with E-state index in [2.05, 4.69) is 5.10 Å². The number of sulfonamides is 1. The number of hydrogen-bond donors (Lipinski definition) is 1. The lowest BCUT2D eigenvalue weighted by molar-refractivity contribution is -0.748. The Kier molecular flexibility index (Phi) is 3.48. The highest BCUT2D eigenvalue weighted by atomic mass is 32.2. The normalized spacial score (nSPS) is 11.5. The first-order chi connectivity index (χ1) is 8.90. The van der Waals surface area contributed by atoms with E-state index in [4.69, 9.17) is 0 Å². The van der Waals surface area contributed by atoms with Gasteiger partial charge in [0.25, 0.3) is 5.91 Å².